The number of phenolic OH excluding ortho intramolecular Hbond substituents is 6. The Labute approximate surface area is 320 Å². The Hall–Kier alpha value is -8.05. The molecule has 4 amide bonds. The van der Waals surface area contributed by atoms with Gasteiger partial charge < -0.3 is 42.1 Å². The van der Waals surface area contributed by atoms with Crippen molar-refractivity contribution >= 4 is 56.2 Å². The molecule has 2 heterocycles. The first-order valence-electron chi connectivity index (χ1n) is 16.6. The van der Waals surface area contributed by atoms with Gasteiger partial charge in [0.05, 0.1) is 22.3 Å². The summed E-state index contributed by atoms with van der Waals surface area (Å²) >= 11 is 0. The molecule has 0 aliphatic carbocycles. The zero-order valence-corrected chi connectivity index (χ0v) is 29.6. The number of nitrogens with two attached hydrogens (primary N) is 2. The molecule has 8 rings (SSSR count). The predicted molar refractivity (Wildman–Crippen MR) is 203 cm³/mol. The minimum atomic E-state index is -5.54. The quantitative estimate of drug-likeness (QED) is 0.0485. The molecule has 0 bridgehead atoms. The molecular formula is C40H26N4O12S. The minimum absolute atomic E-state index is 0.111. The maximum absolute atomic E-state index is 13.9. The lowest BCUT2D eigenvalue weighted by Gasteiger charge is -2.21. The number of nitrogen functional groups attached to an aromatic ring is 2. The van der Waals surface area contributed by atoms with Gasteiger partial charge in [0.2, 0.25) is 9.84 Å². The van der Waals surface area contributed by atoms with E-state index in [1.54, 1.807) is 60.7 Å². The summed E-state index contributed by atoms with van der Waals surface area (Å²) in [7, 11) is -5.54. The van der Waals surface area contributed by atoms with E-state index in [4.69, 9.17) is 11.5 Å². The summed E-state index contributed by atoms with van der Waals surface area (Å²) in [5.74, 6) is -12.7. The predicted octanol–water partition coefficient (Wildman–Crippen LogP) is 4.85. The number of fused-ring (bicyclic) bond motifs is 2. The van der Waals surface area contributed by atoms with Crippen LogP contribution in [0.25, 0.3) is 22.3 Å². The summed E-state index contributed by atoms with van der Waals surface area (Å²) in [6.45, 7) is 0. The second-order valence-corrected chi connectivity index (χ2v) is 14.9. The van der Waals surface area contributed by atoms with Crippen LogP contribution in [0.4, 0.5) is 22.7 Å². The molecule has 0 unspecified atom stereocenters. The summed E-state index contributed by atoms with van der Waals surface area (Å²) < 4.78 is 27.8. The third kappa shape index (κ3) is 5.32. The highest BCUT2D eigenvalue weighted by molar-refractivity contribution is 7.92. The van der Waals surface area contributed by atoms with Gasteiger partial charge in [-0.15, -0.1) is 0 Å². The first kappa shape index (κ1) is 36.0. The highest BCUT2D eigenvalue weighted by Gasteiger charge is 2.44. The molecule has 2 aliphatic heterocycles. The van der Waals surface area contributed by atoms with Crippen molar-refractivity contribution in [1.29, 1.82) is 0 Å². The van der Waals surface area contributed by atoms with Crippen LogP contribution in [-0.4, -0.2) is 62.7 Å². The molecular weight excluding hydrogens is 761 g/mol. The van der Waals surface area contributed by atoms with E-state index in [9.17, 15) is 58.2 Å². The molecule has 17 heteroatoms. The Morgan fingerprint density at radius 1 is 0.404 bits per heavy atom. The molecule has 0 atom stereocenters. The van der Waals surface area contributed by atoms with Gasteiger partial charge in [-0.3, -0.25) is 19.2 Å². The summed E-state index contributed by atoms with van der Waals surface area (Å²) in [5, 5.41) is 66.1. The van der Waals surface area contributed by atoms with E-state index in [-0.39, 0.29) is 22.3 Å². The Morgan fingerprint density at radius 3 is 1.07 bits per heavy atom. The fourth-order valence-corrected chi connectivity index (χ4v) is 8.40. The average molecular weight is 787 g/mol. The van der Waals surface area contributed by atoms with Gasteiger partial charge in [0.15, 0.2) is 32.8 Å². The maximum Gasteiger partial charge on any atom is 0.266 e. The van der Waals surface area contributed by atoms with Gasteiger partial charge in [-0.05, 0) is 70.8 Å². The minimum Gasteiger partial charge on any atom is -0.506 e. The van der Waals surface area contributed by atoms with Crippen LogP contribution in [0, 0.1) is 0 Å². The van der Waals surface area contributed by atoms with Crippen LogP contribution in [0.15, 0.2) is 107 Å². The lowest BCUT2D eigenvalue weighted by molar-refractivity contribution is 0.0909. The van der Waals surface area contributed by atoms with E-state index >= 15 is 0 Å². The van der Waals surface area contributed by atoms with Crippen molar-refractivity contribution in [2.45, 2.75) is 9.79 Å². The van der Waals surface area contributed by atoms with Gasteiger partial charge in [0.1, 0.15) is 22.9 Å². The molecule has 0 radical (unpaired) electrons. The van der Waals surface area contributed by atoms with Crippen molar-refractivity contribution in [3.05, 3.63) is 119 Å². The van der Waals surface area contributed by atoms with Crippen LogP contribution in [0.2, 0.25) is 0 Å². The highest BCUT2D eigenvalue weighted by Crippen LogP contribution is 2.54. The van der Waals surface area contributed by atoms with Crippen LogP contribution in [0.1, 0.15) is 41.4 Å². The third-order valence-electron chi connectivity index (χ3n) is 9.66. The number of sulfone groups is 1. The van der Waals surface area contributed by atoms with E-state index in [1.165, 1.54) is 24.3 Å². The standard InChI is InChI=1S/C40H26N4O12S/c41-21-7-1-17(2-8-21)19-5-11-23-25(13-19)39(53)43(37(23)51)27-15-29(45)35(33(49)31(27)47)57(55,56)36-30(46)16-28(32(48)34(36)50)44-38(52)24-12-6-20(14-26(24)40(44)54)18-3-9-22(42)10-4-18/h1-16,45-50H,41-42H2. The Morgan fingerprint density at radius 2 is 0.719 bits per heavy atom. The fraction of sp³-hybridized carbons (Fsp3) is 0. The Balaban J connectivity index is 1.14. The van der Waals surface area contributed by atoms with Crippen LogP contribution in [0.3, 0.4) is 0 Å². The zero-order chi connectivity index (χ0) is 40.8. The van der Waals surface area contributed by atoms with Crippen LogP contribution in [-0.2, 0) is 9.84 Å². The van der Waals surface area contributed by atoms with Gasteiger partial charge in [0.25, 0.3) is 23.6 Å². The zero-order valence-electron chi connectivity index (χ0n) is 28.8. The lowest BCUT2D eigenvalue weighted by atomic mass is 10.00. The van der Waals surface area contributed by atoms with E-state index in [2.05, 4.69) is 0 Å². The summed E-state index contributed by atoms with van der Waals surface area (Å²) in [4.78, 5) is 51.7. The summed E-state index contributed by atoms with van der Waals surface area (Å²) in [6.07, 6.45) is 0. The molecule has 284 valence electrons. The number of aromatic hydroxyl groups is 6. The monoisotopic (exact) mass is 786 g/mol. The van der Waals surface area contributed by atoms with Gasteiger partial charge >= 0.3 is 0 Å². The second kappa shape index (κ2) is 12.5. The average Bonchev–Trinajstić information content (AvgIpc) is 3.57. The topological polar surface area (TPSA) is 282 Å². The van der Waals surface area contributed by atoms with Crippen molar-refractivity contribution in [1.82, 2.24) is 0 Å². The largest absolute Gasteiger partial charge is 0.506 e. The smallest absolute Gasteiger partial charge is 0.266 e. The normalized spacial score (nSPS) is 13.7. The van der Waals surface area contributed by atoms with Crippen LogP contribution < -0.4 is 21.3 Å². The first-order chi connectivity index (χ1) is 27.0. The number of hydrogen-bond donors (Lipinski definition) is 8. The van der Waals surface area contributed by atoms with Gasteiger partial charge in [-0.2, -0.15) is 0 Å². The number of anilines is 4. The van der Waals surface area contributed by atoms with E-state index < -0.39 is 89.1 Å². The Kier molecular flexibility index (Phi) is 7.89. The Bertz CT molecular complexity index is 2740. The molecule has 6 aromatic rings. The van der Waals surface area contributed by atoms with Crippen molar-refractivity contribution in [3.8, 4) is 56.8 Å². The molecule has 10 N–H and O–H groups in total. The molecule has 57 heavy (non-hydrogen) atoms. The number of imide groups is 2. The maximum atomic E-state index is 13.9. The summed E-state index contributed by atoms with van der Waals surface area (Å²) in [6, 6.07) is 22.8. The van der Waals surface area contributed by atoms with Crippen molar-refractivity contribution in [2.75, 3.05) is 21.3 Å². The number of hydrogen-bond acceptors (Lipinski definition) is 14. The number of carbonyl (C=O) groups excluding carboxylic acids is 4. The molecule has 0 spiro atoms. The fourth-order valence-electron chi connectivity index (χ4n) is 6.83. The molecule has 0 saturated heterocycles. The van der Waals surface area contributed by atoms with E-state index in [0.717, 1.165) is 0 Å². The molecule has 0 saturated carbocycles. The van der Waals surface area contributed by atoms with Gasteiger partial charge in [-0.25, -0.2) is 18.2 Å². The molecule has 16 nitrogen and oxygen atoms in total. The van der Waals surface area contributed by atoms with Crippen LogP contribution in [0.5, 0.6) is 34.5 Å². The van der Waals surface area contributed by atoms with Crippen molar-refractivity contribution < 1.29 is 58.2 Å². The first-order valence-corrected chi connectivity index (χ1v) is 18.1. The number of benzene rings is 6. The number of nitrogens with zero attached hydrogens (tertiary/aromatic N) is 2. The SMILES string of the molecule is Nc1ccc(-c2ccc3c(c2)C(=O)N(c2cc(O)c(S(=O)(=O)c4c(O)cc(N5C(=O)c6ccc(-c7ccc(N)cc7)cc6C5=O)c(O)c4O)c(O)c2O)C3=O)cc1. The van der Waals surface area contributed by atoms with Crippen LogP contribution >= 0.6 is 0 Å². The highest BCUT2D eigenvalue weighted by atomic mass is 32.2. The summed E-state index contributed by atoms with van der Waals surface area (Å²) in [5.41, 5.74) is 12.7. The number of amides is 4. The van der Waals surface area contributed by atoms with Gasteiger partial charge in [0, 0.05) is 23.5 Å². The second-order valence-electron chi connectivity index (χ2n) is 13.0. The van der Waals surface area contributed by atoms with E-state index in [1.807, 2.05) is 0 Å². The number of rotatable bonds is 6. The molecule has 2 aliphatic rings. The van der Waals surface area contributed by atoms with E-state index in [0.29, 0.717) is 55.6 Å². The molecule has 0 aromatic heterocycles. The number of carbonyl (C=O) groups is 4. The molecule has 6 aromatic carbocycles. The number of phenols is 6. The lowest BCUT2D eigenvalue weighted by Crippen LogP contribution is -2.29. The third-order valence-corrected chi connectivity index (χ3v) is 11.5. The van der Waals surface area contributed by atoms with Crippen molar-refractivity contribution in [3.63, 3.8) is 0 Å². The van der Waals surface area contributed by atoms with Gasteiger partial charge in [-0.1, -0.05) is 36.4 Å². The van der Waals surface area contributed by atoms with Crippen molar-refractivity contribution in [2.24, 2.45) is 0 Å². The molecule has 0 fully saturated rings.